The third-order valence-electron chi connectivity index (χ3n) is 4.46. The summed E-state index contributed by atoms with van der Waals surface area (Å²) in [4.78, 5) is 42.4. The average Bonchev–Trinajstić information content (AvgIpc) is 2.98. The first kappa shape index (κ1) is 18.8. The lowest BCUT2D eigenvalue weighted by Crippen LogP contribution is -2.38. The molecule has 0 amide bonds. The molecule has 2 aromatic rings. The maximum atomic E-state index is 13.0. The molecule has 3 rings (SSSR count). The Kier molecular flexibility index (Phi) is 5.37. The Hall–Kier alpha value is -2.99. The van der Waals surface area contributed by atoms with E-state index in [1.165, 1.54) is 0 Å². The molecule has 2 atom stereocenters. The molecule has 0 aliphatic carbocycles. The topological polar surface area (TPSA) is 98.8 Å². The summed E-state index contributed by atoms with van der Waals surface area (Å²) >= 11 is 5.87. The van der Waals surface area contributed by atoms with Crippen molar-refractivity contribution >= 4 is 35.0 Å². The molecule has 0 spiro atoms. The zero-order valence-electron chi connectivity index (χ0n) is 14.5. The van der Waals surface area contributed by atoms with Crippen LogP contribution in [0.3, 0.4) is 0 Å². The highest BCUT2D eigenvalue weighted by Crippen LogP contribution is 2.28. The van der Waals surface area contributed by atoms with Crippen LogP contribution in [-0.2, 0) is 9.63 Å². The number of carbonyl (C=O) groups is 3. The Morgan fingerprint density at radius 1 is 1.11 bits per heavy atom. The first-order valence-electron chi connectivity index (χ1n) is 8.30. The summed E-state index contributed by atoms with van der Waals surface area (Å²) < 4.78 is 0. The lowest BCUT2D eigenvalue weighted by molar-refractivity contribution is -0.144. The maximum Gasteiger partial charge on any atom is 0.346 e. The predicted molar refractivity (Wildman–Crippen MR) is 101 cm³/mol. The largest absolute Gasteiger partial charge is 0.384 e. The second kappa shape index (κ2) is 7.72. The van der Waals surface area contributed by atoms with Gasteiger partial charge in [0, 0.05) is 22.6 Å². The minimum absolute atomic E-state index is 0.107. The first-order valence-corrected chi connectivity index (χ1v) is 8.68. The van der Waals surface area contributed by atoms with Gasteiger partial charge in [0.05, 0.1) is 5.92 Å². The number of aryl methyl sites for hydroxylation is 1. The fourth-order valence-corrected chi connectivity index (χ4v) is 3.08. The number of hydrogen-bond acceptors (Lipinski definition) is 6. The summed E-state index contributed by atoms with van der Waals surface area (Å²) in [5.74, 6) is -3.62. The normalized spacial score (nSPS) is 17.2. The quantitative estimate of drug-likeness (QED) is 0.609. The molecular weight excluding hydrogens is 368 g/mol. The summed E-state index contributed by atoms with van der Waals surface area (Å²) in [6, 6.07) is 13.2. The number of carbonyl (C=O) groups excluding carboxylic acids is 3. The molecule has 0 fully saturated rings. The number of ketones is 2. The van der Waals surface area contributed by atoms with Crippen LogP contribution >= 0.6 is 11.6 Å². The Balaban J connectivity index is 1.92. The van der Waals surface area contributed by atoms with Gasteiger partial charge in [0.1, 0.15) is 5.92 Å². The summed E-state index contributed by atoms with van der Waals surface area (Å²) in [5, 5.41) is 3.93. The van der Waals surface area contributed by atoms with E-state index in [-0.39, 0.29) is 18.0 Å². The molecule has 2 N–H and O–H groups in total. The summed E-state index contributed by atoms with van der Waals surface area (Å²) in [6.07, 6.45) is -0.194. The summed E-state index contributed by atoms with van der Waals surface area (Å²) in [5.41, 5.74) is 7.56. The van der Waals surface area contributed by atoms with Gasteiger partial charge in [-0.3, -0.25) is 9.59 Å². The van der Waals surface area contributed by atoms with Crippen LogP contribution in [0.25, 0.3) is 0 Å². The van der Waals surface area contributed by atoms with Gasteiger partial charge in [0.15, 0.2) is 17.4 Å². The maximum absolute atomic E-state index is 13.0. The number of rotatable bonds is 6. The lowest BCUT2D eigenvalue weighted by atomic mass is 9.80. The number of hydrogen-bond donors (Lipinski definition) is 1. The predicted octanol–water partition coefficient (Wildman–Crippen LogP) is 3.17. The van der Waals surface area contributed by atoms with Gasteiger partial charge < -0.3 is 10.6 Å². The number of nitrogens with two attached hydrogens (primary N) is 1. The second-order valence-corrected chi connectivity index (χ2v) is 6.81. The van der Waals surface area contributed by atoms with Crippen molar-refractivity contribution in [3.05, 3.63) is 70.2 Å². The minimum atomic E-state index is -1.09. The zero-order chi connectivity index (χ0) is 19.6. The SMILES string of the molecule is Cc1ccc(C(=O)CC(C(=O)c2ccc(Cl)cc2)C2C(=O)ON=C2N)cc1. The molecule has 0 radical (unpaired) electrons. The van der Waals surface area contributed by atoms with E-state index in [4.69, 9.17) is 17.3 Å². The van der Waals surface area contributed by atoms with Gasteiger partial charge in [-0.15, -0.1) is 0 Å². The molecule has 27 heavy (non-hydrogen) atoms. The number of nitrogens with zero attached hydrogens (tertiary/aromatic N) is 1. The van der Waals surface area contributed by atoms with Crippen molar-refractivity contribution in [1.29, 1.82) is 0 Å². The standard InChI is InChI=1S/C20H17ClN2O4/c1-11-2-4-12(5-3-11)16(24)10-15(17-19(22)23-27-20(17)26)18(25)13-6-8-14(21)9-7-13/h2-9,15,17H,10H2,1H3,(H2,22,23). The Morgan fingerprint density at radius 3 is 2.26 bits per heavy atom. The van der Waals surface area contributed by atoms with Gasteiger partial charge in [-0.1, -0.05) is 46.6 Å². The lowest BCUT2D eigenvalue weighted by Gasteiger charge is -2.19. The van der Waals surface area contributed by atoms with E-state index in [2.05, 4.69) is 9.99 Å². The van der Waals surface area contributed by atoms with Crippen LogP contribution in [0, 0.1) is 18.8 Å². The van der Waals surface area contributed by atoms with Gasteiger partial charge in [-0.25, -0.2) is 4.79 Å². The second-order valence-electron chi connectivity index (χ2n) is 6.38. The van der Waals surface area contributed by atoms with Gasteiger partial charge in [-0.2, -0.15) is 0 Å². The molecule has 7 heteroatoms. The zero-order valence-corrected chi connectivity index (χ0v) is 15.3. The molecule has 1 heterocycles. The smallest absolute Gasteiger partial charge is 0.346 e. The Bertz CT molecular complexity index is 920. The van der Waals surface area contributed by atoms with Crippen LogP contribution in [-0.4, -0.2) is 23.4 Å². The number of amidine groups is 1. The van der Waals surface area contributed by atoms with Gasteiger partial charge in [-0.05, 0) is 31.2 Å². The van der Waals surface area contributed by atoms with Crippen molar-refractivity contribution in [1.82, 2.24) is 0 Å². The monoisotopic (exact) mass is 384 g/mol. The van der Waals surface area contributed by atoms with Gasteiger partial charge in [0.2, 0.25) is 0 Å². The minimum Gasteiger partial charge on any atom is -0.384 e. The van der Waals surface area contributed by atoms with Crippen molar-refractivity contribution in [3.63, 3.8) is 0 Å². The molecule has 2 aromatic carbocycles. The average molecular weight is 385 g/mol. The molecule has 0 aromatic heterocycles. The highest BCUT2D eigenvalue weighted by molar-refractivity contribution is 6.30. The van der Waals surface area contributed by atoms with E-state index in [0.29, 0.717) is 16.1 Å². The fourth-order valence-electron chi connectivity index (χ4n) is 2.95. The van der Waals surface area contributed by atoms with E-state index in [1.54, 1.807) is 36.4 Å². The number of oxime groups is 1. The van der Waals surface area contributed by atoms with E-state index in [0.717, 1.165) is 5.56 Å². The van der Waals surface area contributed by atoms with Crippen LogP contribution in [0.15, 0.2) is 53.7 Å². The molecule has 6 nitrogen and oxygen atoms in total. The van der Waals surface area contributed by atoms with Gasteiger partial charge in [0.25, 0.3) is 0 Å². The Morgan fingerprint density at radius 2 is 1.70 bits per heavy atom. The Labute approximate surface area is 160 Å². The summed E-state index contributed by atoms with van der Waals surface area (Å²) in [6.45, 7) is 1.91. The van der Waals surface area contributed by atoms with Crippen molar-refractivity contribution in [3.8, 4) is 0 Å². The molecule has 0 saturated heterocycles. The van der Waals surface area contributed by atoms with Crippen LogP contribution in [0.4, 0.5) is 0 Å². The molecule has 0 bridgehead atoms. The third-order valence-corrected chi connectivity index (χ3v) is 4.71. The molecule has 0 saturated carbocycles. The molecular formula is C20H17ClN2O4. The molecule has 1 aliphatic heterocycles. The first-order chi connectivity index (χ1) is 12.9. The van der Waals surface area contributed by atoms with Crippen LogP contribution in [0.2, 0.25) is 5.02 Å². The van der Waals surface area contributed by atoms with E-state index in [1.807, 2.05) is 19.1 Å². The van der Waals surface area contributed by atoms with Crippen molar-refractivity contribution < 1.29 is 19.2 Å². The molecule has 1 aliphatic rings. The van der Waals surface area contributed by atoms with Crippen LogP contribution < -0.4 is 5.73 Å². The van der Waals surface area contributed by atoms with E-state index < -0.39 is 23.6 Å². The van der Waals surface area contributed by atoms with Gasteiger partial charge >= 0.3 is 5.97 Å². The van der Waals surface area contributed by atoms with Crippen LogP contribution in [0.5, 0.6) is 0 Å². The van der Waals surface area contributed by atoms with E-state index in [9.17, 15) is 14.4 Å². The molecule has 138 valence electrons. The number of Topliss-reactive ketones (excluding diaryl/α,β-unsaturated/α-hetero) is 2. The number of benzene rings is 2. The van der Waals surface area contributed by atoms with Crippen molar-refractivity contribution in [2.24, 2.45) is 22.7 Å². The summed E-state index contributed by atoms with van der Waals surface area (Å²) in [7, 11) is 0. The van der Waals surface area contributed by atoms with E-state index >= 15 is 0 Å². The van der Waals surface area contributed by atoms with Crippen molar-refractivity contribution in [2.75, 3.05) is 0 Å². The number of halogens is 1. The highest BCUT2D eigenvalue weighted by Gasteiger charge is 2.43. The highest BCUT2D eigenvalue weighted by atomic mass is 35.5. The van der Waals surface area contributed by atoms with Crippen molar-refractivity contribution in [2.45, 2.75) is 13.3 Å². The van der Waals surface area contributed by atoms with Crippen LogP contribution in [0.1, 0.15) is 32.7 Å². The fraction of sp³-hybridized carbons (Fsp3) is 0.200. The molecule has 2 unspecified atom stereocenters. The third kappa shape index (κ3) is 4.06.